The van der Waals surface area contributed by atoms with Crippen LogP contribution in [0.4, 0.5) is 0 Å². The summed E-state index contributed by atoms with van der Waals surface area (Å²) < 4.78 is 21.1. The fourth-order valence-corrected chi connectivity index (χ4v) is 2.64. The van der Waals surface area contributed by atoms with Gasteiger partial charge in [-0.1, -0.05) is 0 Å². The molecule has 0 radical (unpaired) electrons. The highest BCUT2D eigenvalue weighted by Gasteiger charge is 2.24. The number of aromatic hydroxyl groups is 1. The molecule has 0 bridgehead atoms. The highest BCUT2D eigenvalue weighted by molar-refractivity contribution is 6.14. The van der Waals surface area contributed by atoms with Crippen molar-refractivity contribution in [2.45, 2.75) is 0 Å². The quantitative estimate of drug-likeness (QED) is 0.861. The molecular formula is C19H18O6. The number of phenols is 1. The van der Waals surface area contributed by atoms with Crippen LogP contribution in [0, 0.1) is 0 Å². The van der Waals surface area contributed by atoms with Crippen molar-refractivity contribution in [1.82, 2.24) is 0 Å². The summed E-state index contributed by atoms with van der Waals surface area (Å²) >= 11 is 0. The van der Waals surface area contributed by atoms with Gasteiger partial charge in [0.1, 0.15) is 18.1 Å². The molecule has 1 aliphatic rings. The molecule has 0 unspecified atom stereocenters. The lowest BCUT2D eigenvalue weighted by Gasteiger charge is -2.19. The summed E-state index contributed by atoms with van der Waals surface area (Å²) in [7, 11) is 4.44. The number of phenolic OH excluding ortho intramolecular Hbond substituents is 1. The van der Waals surface area contributed by atoms with Crippen LogP contribution < -0.4 is 18.9 Å². The first kappa shape index (κ1) is 16.7. The van der Waals surface area contributed by atoms with Crippen molar-refractivity contribution in [2.24, 2.45) is 0 Å². The Labute approximate surface area is 145 Å². The predicted molar refractivity (Wildman–Crippen MR) is 92.0 cm³/mol. The monoisotopic (exact) mass is 342 g/mol. The lowest BCUT2D eigenvalue weighted by atomic mass is 9.98. The molecule has 2 aromatic carbocycles. The van der Waals surface area contributed by atoms with E-state index in [2.05, 4.69) is 0 Å². The van der Waals surface area contributed by atoms with Gasteiger partial charge in [0.2, 0.25) is 5.75 Å². The average molecular weight is 342 g/mol. The van der Waals surface area contributed by atoms with Crippen molar-refractivity contribution in [2.75, 3.05) is 27.9 Å². The van der Waals surface area contributed by atoms with Gasteiger partial charge in [0.25, 0.3) is 0 Å². The number of carbonyl (C=O) groups excluding carboxylic acids is 1. The Bertz CT molecular complexity index is 828. The maximum Gasteiger partial charge on any atom is 0.200 e. The molecule has 0 saturated carbocycles. The van der Waals surface area contributed by atoms with Gasteiger partial charge in [-0.2, -0.15) is 0 Å². The van der Waals surface area contributed by atoms with Crippen LogP contribution in [0.1, 0.15) is 15.9 Å². The Hall–Kier alpha value is -3.15. The molecule has 6 heteroatoms. The van der Waals surface area contributed by atoms with E-state index < -0.39 is 0 Å². The minimum absolute atomic E-state index is 0.0894. The van der Waals surface area contributed by atoms with Crippen LogP contribution in [-0.2, 0) is 0 Å². The molecule has 0 amide bonds. The van der Waals surface area contributed by atoms with Crippen LogP contribution in [0.15, 0.2) is 35.9 Å². The van der Waals surface area contributed by atoms with Crippen molar-refractivity contribution >= 4 is 11.9 Å². The highest BCUT2D eigenvalue weighted by Crippen LogP contribution is 2.38. The van der Waals surface area contributed by atoms with Gasteiger partial charge in [-0.3, -0.25) is 4.79 Å². The Morgan fingerprint density at radius 1 is 1.04 bits per heavy atom. The fourth-order valence-electron chi connectivity index (χ4n) is 2.64. The van der Waals surface area contributed by atoms with E-state index in [9.17, 15) is 9.90 Å². The van der Waals surface area contributed by atoms with Crippen LogP contribution in [0.3, 0.4) is 0 Å². The molecule has 6 nitrogen and oxygen atoms in total. The second-order valence-electron chi connectivity index (χ2n) is 5.42. The van der Waals surface area contributed by atoms with E-state index in [0.29, 0.717) is 28.2 Å². The van der Waals surface area contributed by atoms with Crippen molar-refractivity contribution in [3.05, 3.63) is 47.0 Å². The van der Waals surface area contributed by atoms with Crippen LogP contribution in [-0.4, -0.2) is 38.8 Å². The number of benzene rings is 2. The van der Waals surface area contributed by atoms with E-state index in [-0.39, 0.29) is 29.6 Å². The maximum absolute atomic E-state index is 12.7. The number of methoxy groups -OCH3 is 3. The topological polar surface area (TPSA) is 74.2 Å². The molecule has 0 fully saturated rings. The standard InChI is InChI=1S/C19H18O6/c1-22-13-4-5-15-14(9-13)18(20)12(10-25-15)6-11-7-16(23-2)19(21)17(8-11)24-3/h4-9,21H,10H2,1-3H3/b12-6-. The average Bonchev–Trinajstić information content (AvgIpc) is 2.64. The van der Waals surface area contributed by atoms with Gasteiger partial charge < -0.3 is 24.1 Å². The molecule has 1 N–H and O–H groups in total. The van der Waals surface area contributed by atoms with Gasteiger partial charge in [-0.25, -0.2) is 0 Å². The minimum atomic E-state index is -0.133. The van der Waals surface area contributed by atoms with E-state index in [1.54, 1.807) is 43.5 Å². The molecule has 25 heavy (non-hydrogen) atoms. The summed E-state index contributed by atoms with van der Waals surface area (Å²) in [5.74, 6) is 1.42. The number of ether oxygens (including phenoxy) is 4. The zero-order chi connectivity index (χ0) is 18.0. The predicted octanol–water partition coefficient (Wildman–Crippen LogP) is 3.08. The minimum Gasteiger partial charge on any atom is -0.502 e. The zero-order valence-electron chi connectivity index (χ0n) is 14.2. The third-order valence-corrected chi connectivity index (χ3v) is 3.95. The number of rotatable bonds is 4. The molecule has 1 aliphatic heterocycles. The number of carbonyl (C=O) groups is 1. The van der Waals surface area contributed by atoms with E-state index in [1.165, 1.54) is 14.2 Å². The second-order valence-corrected chi connectivity index (χ2v) is 5.42. The smallest absolute Gasteiger partial charge is 0.200 e. The third kappa shape index (κ3) is 3.10. The van der Waals surface area contributed by atoms with E-state index in [0.717, 1.165) is 0 Å². The van der Waals surface area contributed by atoms with Gasteiger partial charge in [0.15, 0.2) is 17.3 Å². The summed E-state index contributed by atoms with van der Waals surface area (Å²) in [6, 6.07) is 8.37. The summed E-state index contributed by atoms with van der Waals surface area (Å²) in [5, 5.41) is 9.98. The molecular weight excluding hydrogens is 324 g/mol. The lowest BCUT2D eigenvalue weighted by Crippen LogP contribution is -2.19. The Kier molecular flexibility index (Phi) is 4.52. The number of hydrogen-bond acceptors (Lipinski definition) is 6. The molecule has 1 heterocycles. The van der Waals surface area contributed by atoms with Crippen LogP contribution in [0.2, 0.25) is 0 Å². The molecule has 3 rings (SSSR count). The number of hydrogen-bond donors (Lipinski definition) is 1. The Morgan fingerprint density at radius 3 is 2.32 bits per heavy atom. The van der Waals surface area contributed by atoms with Gasteiger partial charge >= 0.3 is 0 Å². The first-order valence-electron chi connectivity index (χ1n) is 7.58. The molecule has 0 spiro atoms. The Morgan fingerprint density at radius 2 is 1.72 bits per heavy atom. The zero-order valence-corrected chi connectivity index (χ0v) is 14.2. The summed E-state index contributed by atoms with van der Waals surface area (Å²) in [6.07, 6.45) is 1.69. The largest absolute Gasteiger partial charge is 0.502 e. The first-order valence-corrected chi connectivity index (χ1v) is 7.58. The lowest BCUT2D eigenvalue weighted by molar-refractivity contribution is 0.100. The van der Waals surface area contributed by atoms with Crippen LogP contribution >= 0.6 is 0 Å². The maximum atomic E-state index is 12.7. The Balaban J connectivity index is 2.01. The summed E-state index contributed by atoms with van der Waals surface area (Å²) in [6.45, 7) is 0.156. The van der Waals surface area contributed by atoms with Gasteiger partial charge in [0, 0.05) is 5.57 Å². The van der Waals surface area contributed by atoms with Crippen molar-refractivity contribution in [3.63, 3.8) is 0 Å². The van der Waals surface area contributed by atoms with E-state index >= 15 is 0 Å². The van der Waals surface area contributed by atoms with Crippen LogP contribution in [0.25, 0.3) is 6.08 Å². The van der Waals surface area contributed by atoms with Crippen LogP contribution in [0.5, 0.6) is 28.7 Å². The normalized spacial score (nSPS) is 14.7. The second kappa shape index (κ2) is 6.76. The van der Waals surface area contributed by atoms with E-state index in [4.69, 9.17) is 18.9 Å². The van der Waals surface area contributed by atoms with Gasteiger partial charge in [0.05, 0.1) is 26.9 Å². The van der Waals surface area contributed by atoms with Crippen molar-refractivity contribution in [3.8, 4) is 28.7 Å². The number of fused-ring (bicyclic) bond motifs is 1. The highest BCUT2D eigenvalue weighted by atomic mass is 16.5. The van der Waals surface area contributed by atoms with Gasteiger partial charge in [-0.15, -0.1) is 0 Å². The molecule has 0 atom stereocenters. The molecule has 2 aromatic rings. The SMILES string of the molecule is COc1ccc2c(c1)C(=O)/C(=C\c1cc(OC)c(O)c(OC)c1)CO2. The van der Waals surface area contributed by atoms with E-state index in [1.807, 2.05) is 0 Å². The van der Waals surface area contributed by atoms with Gasteiger partial charge in [-0.05, 0) is 42.0 Å². The molecule has 0 aromatic heterocycles. The third-order valence-electron chi connectivity index (χ3n) is 3.95. The number of Topliss-reactive ketones (excluding diaryl/α,β-unsaturated/α-hetero) is 1. The summed E-state index contributed by atoms with van der Waals surface area (Å²) in [4.78, 5) is 12.7. The first-order chi connectivity index (χ1) is 12.1. The molecule has 0 aliphatic carbocycles. The fraction of sp³-hybridized carbons (Fsp3) is 0.211. The van der Waals surface area contributed by atoms with Crippen molar-refractivity contribution in [1.29, 1.82) is 0 Å². The number of ketones is 1. The van der Waals surface area contributed by atoms with Crippen molar-refractivity contribution < 1.29 is 28.8 Å². The summed E-state index contributed by atoms with van der Waals surface area (Å²) in [5.41, 5.74) is 1.59. The molecule has 130 valence electrons. The molecule has 0 saturated heterocycles.